The van der Waals surface area contributed by atoms with E-state index >= 15 is 0 Å². The van der Waals surface area contributed by atoms with Crippen LogP contribution in [-0.2, 0) is 13.0 Å². The topological polar surface area (TPSA) is 21.3 Å². The smallest absolute Gasteiger partial charge is 0.119 e. The Labute approximate surface area is 128 Å². The van der Waals surface area contributed by atoms with Gasteiger partial charge in [0.1, 0.15) is 12.4 Å². The van der Waals surface area contributed by atoms with Gasteiger partial charge in [-0.15, -0.1) is 0 Å². The van der Waals surface area contributed by atoms with Crippen LogP contribution in [0.4, 0.5) is 0 Å². The second kappa shape index (κ2) is 7.84. The quantitative estimate of drug-likeness (QED) is 0.825. The summed E-state index contributed by atoms with van der Waals surface area (Å²) in [5.41, 5.74) is 3.82. The molecule has 21 heavy (non-hydrogen) atoms. The fourth-order valence-electron chi connectivity index (χ4n) is 2.11. The largest absolute Gasteiger partial charge is 0.489 e. The molecule has 0 aliphatic rings. The normalized spacial score (nSPS) is 10.9. The Hall–Kier alpha value is -1.80. The number of ether oxygens (including phenoxy) is 1. The molecule has 2 heteroatoms. The lowest BCUT2D eigenvalue weighted by Crippen LogP contribution is -2.24. The van der Waals surface area contributed by atoms with Crippen molar-refractivity contribution < 1.29 is 4.74 Å². The van der Waals surface area contributed by atoms with Crippen LogP contribution >= 0.6 is 0 Å². The molecule has 0 spiro atoms. The van der Waals surface area contributed by atoms with Gasteiger partial charge in [-0.1, -0.05) is 55.8 Å². The highest BCUT2D eigenvalue weighted by atomic mass is 16.5. The Morgan fingerprint density at radius 3 is 2.14 bits per heavy atom. The summed E-state index contributed by atoms with van der Waals surface area (Å²) in [6.45, 7) is 8.07. The molecule has 0 aliphatic heterocycles. The van der Waals surface area contributed by atoms with E-state index < -0.39 is 0 Å². The summed E-state index contributed by atoms with van der Waals surface area (Å²) in [5, 5.41) is 3.44. The van der Waals surface area contributed by atoms with Crippen molar-refractivity contribution in [1.82, 2.24) is 5.32 Å². The van der Waals surface area contributed by atoms with Crippen molar-refractivity contribution in [3.05, 3.63) is 65.2 Å². The second-order valence-corrected chi connectivity index (χ2v) is 5.78. The third-order valence-electron chi connectivity index (χ3n) is 3.42. The highest BCUT2D eigenvalue weighted by Gasteiger charge is 1.98. The lowest BCUT2D eigenvalue weighted by molar-refractivity contribution is 0.306. The summed E-state index contributed by atoms with van der Waals surface area (Å²) in [6, 6.07) is 17.4. The highest BCUT2D eigenvalue weighted by molar-refractivity contribution is 5.27. The minimum Gasteiger partial charge on any atom is -0.489 e. The van der Waals surface area contributed by atoms with Gasteiger partial charge in [-0.05, 0) is 43.1 Å². The van der Waals surface area contributed by atoms with Crippen LogP contribution in [0.3, 0.4) is 0 Å². The van der Waals surface area contributed by atoms with E-state index in [9.17, 15) is 0 Å². The lowest BCUT2D eigenvalue weighted by Gasteiger charge is -2.09. The minimum atomic E-state index is 0.548. The molecule has 0 saturated heterocycles. The van der Waals surface area contributed by atoms with Gasteiger partial charge < -0.3 is 10.1 Å². The molecule has 1 N–H and O–H groups in total. The Morgan fingerprint density at radius 2 is 1.52 bits per heavy atom. The Morgan fingerprint density at radius 1 is 0.905 bits per heavy atom. The molecule has 0 radical (unpaired) electrons. The molecule has 112 valence electrons. The van der Waals surface area contributed by atoms with Crippen LogP contribution in [0.2, 0.25) is 0 Å². The van der Waals surface area contributed by atoms with E-state index in [-0.39, 0.29) is 0 Å². The molecule has 2 rings (SSSR count). The number of hydrogen-bond donors (Lipinski definition) is 1. The van der Waals surface area contributed by atoms with Crippen LogP contribution < -0.4 is 10.1 Å². The zero-order valence-corrected chi connectivity index (χ0v) is 13.2. The van der Waals surface area contributed by atoms with Crippen molar-refractivity contribution in [1.29, 1.82) is 0 Å². The van der Waals surface area contributed by atoms with Gasteiger partial charge in [0, 0.05) is 6.04 Å². The molecule has 0 saturated carbocycles. The first-order chi connectivity index (χ1) is 10.1. The maximum absolute atomic E-state index is 5.79. The molecule has 0 amide bonds. The van der Waals surface area contributed by atoms with Crippen LogP contribution in [0.25, 0.3) is 0 Å². The Kier molecular flexibility index (Phi) is 5.82. The van der Waals surface area contributed by atoms with Gasteiger partial charge in [-0.2, -0.15) is 0 Å². The summed E-state index contributed by atoms with van der Waals surface area (Å²) in [6.07, 6.45) is 1.07. The van der Waals surface area contributed by atoms with Gasteiger partial charge in [-0.25, -0.2) is 0 Å². The predicted molar refractivity (Wildman–Crippen MR) is 88.8 cm³/mol. The summed E-state index contributed by atoms with van der Waals surface area (Å²) in [4.78, 5) is 0. The maximum Gasteiger partial charge on any atom is 0.119 e. The third-order valence-corrected chi connectivity index (χ3v) is 3.42. The number of nitrogens with one attached hydrogen (secondary N) is 1. The number of aryl methyl sites for hydroxylation is 1. The number of rotatable bonds is 7. The van der Waals surface area contributed by atoms with E-state index in [1.54, 1.807) is 0 Å². The zero-order valence-electron chi connectivity index (χ0n) is 13.2. The summed E-state index contributed by atoms with van der Waals surface area (Å²) < 4.78 is 5.79. The van der Waals surface area contributed by atoms with E-state index in [1.807, 2.05) is 12.1 Å². The van der Waals surface area contributed by atoms with Crippen LogP contribution in [0.5, 0.6) is 5.75 Å². The first-order valence-corrected chi connectivity index (χ1v) is 7.64. The average molecular weight is 283 g/mol. The number of hydrogen-bond acceptors (Lipinski definition) is 2. The monoisotopic (exact) mass is 283 g/mol. The van der Waals surface area contributed by atoms with Crippen molar-refractivity contribution in [2.24, 2.45) is 0 Å². The van der Waals surface area contributed by atoms with E-state index in [2.05, 4.69) is 62.5 Å². The molecule has 0 unspecified atom stereocenters. The first-order valence-electron chi connectivity index (χ1n) is 7.64. The van der Waals surface area contributed by atoms with Gasteiger partial charge >= 0.3 is 0 Å². The van der Waals surface area contributed by atoms with E-state index in [1.165, 1.54) is 16.7 Å². The molecule has 0 atom stereocenters. The molecule has 0 fully saturated rings. The molecule has 0 aliphatic carbocycles. The Bertz CT molecular complexity index is 528. The van der Waals surface area contributed by atoms with Gasteiger partial charge in [0.15, 0.2) is 0 Å². The van der Waals surface area contributed by atoms with Crippen molar-refractivity contribution in [2.45, 2.75) is 39.8 Å². The van der Waals surface area contributed by atoms with Crippen molar-refractivity contribution >= 4 is 0 Å². The fourth-order valence-corrected chi connectivity index (χ4v) is 2.11. The molecular formula is C19H25NO. The molecule has 0 bridgehead atoms. The minimum absolute atomic E-state index is 0.548. The predicted octanol–water partition coefficient (Wildman–Crippen LogP) is 4.11. The van der Waals surface area contributed by atoms with Gasteiger partial charge in [0.2, 0.25) is 0 Å². The second-order valence-electron chi connectivity index (χ2n) is 5.78. The fraction of sp³-hybridized carbons (Fsp3) is 0.368. The molecular weight excluding hydrogens is 258 g/mol. The highest BCUT2D eigenvalue weighted by Crippen LogP contribution is 2.14. The third kappa shape index (κ3) is 5.60. The van der Waals surface area contributed by atoms with Crippen molar-refractivity contribution in [3.63, 3.8) is 0 Å². The molecule has 2 nitrogen and oxygen atoms in total. The molecule has 2 aromatic carbocycles. The summed E-state index contributed by atoms with van der Waals surface area (Å²) in [5.74, 6) is 0.922. The molecule has 0 aromatic heterocycles. The molecule has 2 aromatic rings. The van der Waals surface area contributed by atoms with Crippen molar-refractivity contribution in [2.75, 3.05) is 6.54 Å². The Balaban J connectivity index is 1.80. The van der Waals surface area contributed by atoms with Gasteiger partial charge in [-0.3, -0.25) is 0 Å². The van der Waals surface area contributed by atoms with E-state index in [0.29, 0.717) is 12.6 Å². The van der Waals surface area contributed by atoms with Crippen LogP contribution in [0, 0.1) is 6.92 Å². The van der Waals surface area contributed by atoms with Gasteiger partial charge in [0.25, 0.3) is 0 Å². The number of benzene rings is 2. The van der Waals surface area contributed by atoms with E-state index in [0.717, 1.165) is 18.7 Å². The van der Waals surface area contributed by atoms with Crippen LogP contribution in [0.15, 0.2) is 48.5 Å². The van der Waals surface area contributed by atoms with E-state index in [4.69, 9.17) is 4.74 Å². The zero-order chi connectivity index (χ0) is 15.1. The van der Waals surface area contributed by atoms with Gasteiger partial charge in [0.05, 0.1) is 0 Å². The SMILES string of the molecule is Cc1ccc(OCc2ccc(CCNC(C)C)cc2)cc1. The first kappa shape index (κ1) is 15.6. The van der Waals surface area contributed by atoms with Crippen LogP contribution in [-0.4, -0.2) is 12.6 Å². The van der Waals surface area contributed by atoms with Crippen molar-refractivity contribution in [3.8, 4) is 5.75 Å². The standard InChI is InChI=1S/C19H25NO/c1-15(2)20-13-12-17-6-8-18(9-7-17)14-21-19-10-4-16(3)5-11-19/h4-11,15,20H,12-14H2,1-3H3. The summed E-state index contributed by atoms with van der Waals surface area (Å²) in [7, 11) is 0. The average Bonchev–Trinajstić information content (AvgIpc) is 2.48. The lowest BCUT2D eigenvalue weighted by atomic mass is 10.1. The maximum atomic E-state index is 5.79. The summed E-state index contributed by atoms with van der Waals surface area (Å²) >= 11 is 0. The molecule has 0 heterocycles. The van der Waals surface area contributed by atoms with Crippen LogP contribution in [0.1, 0.15) is 30.5 Å².